The van der Waals surface area contributed by atoms with Crippen LogP contribution in [0.15, 0.2) is 0 Å². The number of nitrogens with one attached hydrogen (secondary N) is 1. The van der Waals surface area contributed by atoms with Gasteiger partial charge in [0.15, 0.2) is 1.41 Å². The summed E-state index contributed by atoms with van der Waals surface area (Å²) in [5, 5.41) is 0.314. The molecule has 0 aliphatic carbocycles. The van der Waals surface area contributed by atoms with Crippen LogP contribution in [0.5, 0.6) is 0 Å². The van der Waals surface area contributed by atoms with Crippen LogP contribution in [-0.2, 0) is 4.79 Å². The molecule has 0 aromatic rings. The van der Waals surface area contributed by atoms with Crippen LogP contribution >= 0.6 is 0 Å². The monoisotopic (exact) mass is 119 g/mol. The molecule has 1 N–H and O–H groups in total. The van der Waals surface area contributed by atoms with Crippen molar-refractivity contribution in [2.45, 2.75) is 19.7 Å². The average Bonchev–Trinajstić information content (AvgIpc) is 1.99. The molecule has 1 aliphatic rings. The molecule has 1 amide bonds. The molecule has 2 nitrogen and oxygen atoms in total. The van der Waals surface area contributed by atoms with Crippen molar-refractivity contribution < 1.29 is 13.1 Å². The summed E-state index contributed by atoms with van der Waals surface area (Å²) in [7, 11) is 0. The van der Waals surface area contributed by atoms with Gasteiger partial charge in [-0.15, -0.1) is 0 Å². The molecule has 46 valence electrons. The molecular weight excluding hydrogens is 102 g/mol. The molecule has 0 bridgehead atoms. The second-order valence-corrected chi connectivity index (χ2v) is 1.65. The molecule has 1 rings (SSSR count). The van der Waals surface area contributed by atoms with Crippen molar-refractivity contribution >= 4 is 5.91 Å². The topological polar surface area (TPSA) is 29.1 Å². The van der Waals surface area contributed by atoms with E-state index in [9.17, 15) is 4.79 Å². The lowest BCUT2D eigenvalue weighted by molar-refractivity contribution is -0.122. The molecule has 0 spiro atoms. The lowest BCUT2D eigenvalue weighted by Crippen LogP contribution is -2.33. The van der Waals surface area contributed by atoms with E-state index in [0.29, 0.717) is 5.31 Å². The fourth-order valence-corrected chi connectivity index (χ4v) is 0.430. The van der Waals surface area contributed by atoms with Crippen molar-refractivity contribution in [3.63, 3.8) is 0 Å². The molecule has 1 unspecified atom stereocenters. The first kappa shape index (κ1) is 1.72. The van der Waals surface area contributed by atoms with Crippen molar-refractivity contribution in [3.8, 4) is 0 Å². The molecular formula is C6H11NO. The van der Waals surface area contributed by atoms with Gasteiger partial charge in [-0.25, -0.2) is 0 Å². The Kier molecular flexibility index (Phi) is 0.465. The SMILES string of the molecule is [2H]N1CC([2H])(C)C([2H])([2H])C([2H])([2H])C1=O. The molecule has 1 aliphatic heterocycles. The second kappa shape index (κ2) is 2.16. The summed E-state index contributed by atoms with van der Waals surface area (Å²) in [4.78, 5) is 11.2. The number of carbonyl (C=O) groups is 1. The predicted molar refractivity (Wildman–Crippen MR) is 31.4 cm³/mol. The Bertz CT molecular complexity index is 275. The van der Waals surface area contributed by atoms with Gasteiger partial charge in [0.2, 0.25) is 5.91 Å². The van der Waals surface area contributed by atoms with E-state index in [1.54, 1.807) is 0 Å². The van der Waals surface area contributed by atoms with Gasteiger partial charge in [0.05, 0.1) is 0 Å². The number of piperidine rings is 1. The second-order valence-electron chi connectivity index (χ2n) is 1.65. The highest BCUT2D eigenvalue weighted by Gasteiger charge is 2.12. The van der Waals surface area contributed by atoms with Crippen molar-refractivity contribution in [1.82, 2.24) is 5.31 Å². The molecule has 1 saturated heterocycles. The molecule has 8 heavy (non-hydrogen) atoms. The molecule has 1 fully saturated rings. The highest BCUT2D eigenvalue weighted by molar-refractivity contribution is 5.76. The normalized spacial score (nSPS) is 63.6. The van der Waals surface area contributed by atoms with Gasteiger partial charge in [-0.2, -0.15) is 0 Å². The lowest BCUT2D eigenvalue weighted by atomic mass is 10.0. The van der Waals surface area contributed by atoms with Crippen LogP contribution in [-0.4, -0.2) is 12.5 Å². The van der Waals surface area contributed by atoms with Gasteiger partial charge in [0.25, 0.3) is 0 Å². The van der Waals surface area contributed by atoms with Gasteiger partial charge in [0, 0.05) is 19.8 Å². The van der Waals surface area contributed by atoms with Crippen LogP contribution < -0.4 is 5.31 Å². The maximum atomic E-state index is 11.2. The molecule has 2 heteroatoms. The van der Waals surface area contributed by atoms with E-state index >= 15 is 0 Å². The van der Waals surface area contributed by atoms with Crippen LogP contribution in [0.2, 0.25) is 1.41 Å². The van der Waals surface area contributed by atoms with Gasteiger partial charge in [0.1, 0.15) is 0 Å². The van der Waals surface area contributed by atoms with Crippen LogP contribution in [0.25, 0.3) is 0 Å². The number of rotatable bonds is 0. The third-order valence-corrected chi connectivity index (χ3v) is 0.843. The van der Waals surface area contributed by atoms with Crippen LogP contribution in [0, 0.1) is 5.89 Å². The Morgan fingerprint density at radius 1 is 2.25 bits per heavy atom. The summed E-state index contributed by atoms with van der Waals surface area (Å²) in [5.74, 6) is -3.04. The van der Waals surface area contributed by atoms with E-state index in [1.807, 2.05) is 0 Å². The molecule has 0 aromatic heterocycles. The van der Waals surface area contributed by atoms with Gasteiger partial charge in [-0.05, 0) is 12.3 Å². The van der Waals surface area contributed by atoms with Crippen LogP contribution in [0.3, 0.4) is 0 Å². The van der Waals surface area contributed by atoms with Crippen LogP contribution in [0.1, 0.15) is 26.5 Å². The highest BCUT2D eigenvalue weighted by Crippen LogP contribution is 2.07. The minimum Gasteiger partial charge on any atom is -0.356 e. The van der Waals surface area contributed by atoms with Gasteiger partial charge in [-0.1, -0.05) is 6.92 Å². The summed E-state index contributed by atoms with van der Waals surface area (Å²) in [5.41, 5.74) is 0. The Hall–Kier alpha value is -0.530. The maximum Gasteiger partial charge on any atom is 0.220 e. The van der Waals surface area contributed by atoms with Crippen molar-refractivity contribution in [2.75, 3.05) is 6.54 Å². The number of hydrogen-bond acceptors (Lipinski definition) is 1. The first-order chi connectivity index (χ1) is 6.04. The van der Waals surface area contributed by atoms with E-state index in [2.05, 4.69) is 0 Å². The van der Waals surface area contributed by atoms with Gasteiger partial charge in [-0.3, -0.25) is 4.79 Å². The van der Waals surface area contributed by atoms with Gasteiger partial charge >= 0.3 is 0 Å². The minimum atomic E-state index is -2.82. The minimum absolute atomic E-state index is 0.314. The van der Waals surface area contributed by atoms with E-state index in [1.165, 1.54) is 6.92 Å². The van der Waals surface area contributed by atoms with Gasteiger partial charge < -0.3 is 5.31 Å². The van der Waals surface area contributed by atoms with E-state index < -0.39 is 31.1 Å². The average molecular weight is 119 g/mol. The molecule has 1 heterocycles. The van der Waals surface area contributed by atoms with E-state index in [4.69, 9.17) is 8.27 Å². The molecule has 0 aromatic carbocycles. The molecule has 1 atom stereocenters. The maximum absolute atomic E-state index is 11.2. The summed E-state index contributed by atoms with van der Waals surface area (Å²) < 4.78 is 44.1. The highest BCUT2D eigenvalue weighted by atomic mass is 16.1. The van der Waals surface area contributed by atoms with E-state index in [-0.39, 0.29) is 0 Å². The lowest BCUT2D eigenvalue weighted by Gasteiger charge is -2.17. The standard InChI is InChI=1S/C6H11NO/c1-5-2-3-6(8)7-4-5/h5H,2-4H2,1H3,(H,7,8)/i2D2,3D2,5D/hD. The fourth-order valence-electron chi connectivity index (χ4n) is 0.430. The molecule has 0 radical (unpaired) electrons. The van der Waals surface area contributed by atoms with Crippen molar-refractivity contribution in [2.24, 2.45) is 5.89 Å². The fraction of sp³-hybridized carbons (Fsp3) is 0.833. The Labute approximate surface area is 57.8 Å². The zero-order valence-electron chi connectivity index (χ0n) is 10.6. The first-order valence-electron chi connectivity index (χ1n) is 5.29. The quantitative estimate of drug-likeness (QED) is 0.495. The summed E-state index contributed by atoms with van der Waals surface area (Å²) in [6, 6.07) is 0. The number of carbonyl (C=O) groups excluding carboxylic acids is 1. The number of hydrogen-bond donors (Lipinski definition) is 1. The third-order valence-electron chi connectivity index (χ3n) is 0.843. The Balaban J connectivity index is 3.22. The van der Waals surface area contributed by atoms with E-state index in [0.717, 1.165) is 0 Å². The van der Waals surface area contributed by atoms with Crippen LogP contribution in [0.4, 0.5) is 0 Å². The predicted octanol–water partition coefficient (Wildman–Crippen LogP) is 0.532. The van der Waals surface area contributed by atoms with Crippen molar-refractivity contribution in [3.05, 3.63) is 0 Å². The Morgan fingerprint density at radius 2 is 3.00 bits per heavy atom. The summed E-state index contributed by atoms with van der Waals surface area (Å²) in [6.45, 7) is 0.747. The zero-order valence-corrected chi connectivity index (χ0v) is 4.56. The Morgan fingerprint density at radius 3 is 3.75 bits per heavy atom. The smallest absolute Gasteiger partial charge is 0.220 e. The largest absolute Gasteiger partial charge is 0.356 e. The first-order valence-corrected chi connectivity index (χ1v) is 2.35. The zero-order chi connectivity index (χ0) is 11.4. The molecule has 0 saturated carbocycles. The third kappa shape index (κ3) is 1.22. The number of amides is 1. The summed E-state index contributed by atoms with van der Waals surface area (Å²) in [6.07, 6.45) is -5.40. The van der Waals surface area contributed by atoms with Crippen molar-refractivity contribution in [1.29, 1.82) is 0 Å². The summed E-state index contributed by atoms with van der Waals surface area (Å²) >= 11 is 0.